The van der Waals surface area contributed by atoms with Crippen LogP contribution in [-0.4, -0.2) is 102 Å². The van der Waals surface area contributed by atoms with Crippen LogP contribution in [-0.2, 0) is 24.3 Å². The summed E-state index contributed by atoms with van der Waals surface area (Å²) in [5.74, 6) is -2.06. The van der Waals surface area contributed by atoms with Crippen LogP contribution in [0, 0.1) is 0 Å². The Hall–Kier alpha value is -3.66. The number of ether oxygens (including phenoxy) is 5. The Balaban J connectivity index is 0.000000782. The number of anilines is 2. The molecule has 0 atom stereocenters. The Morgan fingerprint density at radius 2 is 1.55 bits per heavy atom. The third-order valence-electron chi connectivity index (χ3n) is 5.16. The van der Waals surface area contributed by atoms with Gasteiger partial charge in [0.25, 0.3) is 0 Å². The van der Waals surface area contributed by atoms with Crippen molar-refractivity contribution in [3.8, 4) is 17.2 Å². The molecule has 21 heteroatoms. The number of benzene rings is 2. The van der Waals surface area contributed by atoms with Crippen molar-refractivity contribution in [2.24, 2.45) is 0 Å². The third-order valence-corrected chi connectivity index (χ3v) is 6.90. The average molecular weight is 770 g/mol. The minimum absolute atomic E-state index is 0.0510. The maximum absolute atomic E-state index is 12.8. The number of carboxylic acid groups (broad SMARTS) is 1. The molecular weight excluding hydrogens is 738 g/mol. The Bertz CT molecular complexity index is 1550. The molecule has 0 bridgehead atoms. The molecule has 3 aromatic rings. The zero-order valence-electron chi connectivity index (χ0n) is 25.2. The van der Waals surface area contributed by atoms with E-state index in [1.807, 2.05) is 0 Å². The molecule has 0 saturated heterocycles. The summed E-state index contributed by atoms with van der Waals surface area (Å²) in [6.07, 6.45) is -8.44. The molecule has 0 aliphatic heterocycles. The molecule has 264 valence electrons. The second-order valence-electron chi connectivity index (χ2n) is 8.46. The second-order valence-corrected chi connectivity index (χ2v) is 11.1. The van der Waals surface area contributed by atoms with Gasteiger partial charge in [-0.15, -0.1) is 0 Å². The molecule has 0 spiro atoms. The van der Waals surface area contributed by atoms with Crippen LogP contribution in [0.15, 0.2) is 41.6 Å². The van der Waals surface area contributed by atoms with Gasteiger partial charge in [-0.1, -0.05) is 15.9 Å². The number of alkyl halides is 7. The molecule has 1 aromatic heterocycles. The van der Waals surface area contributed by atoms with Gasteiger partial charge < -0.3 is 34.1 Å². The Morgan fingerprint density at radius 3 is 2.04 bits per heavy atom. The maximum Gasteiger partial charge on any atom is 0.490 e. The SMILES string of the molecule is CNS(=O)(=O)c1ccc(OCC(F)(F)F)c(Nc2ncnc3cc(OCCOC)c(OC)cc23)c1.COCCBr.O=C(O)C(F)(F)F. The molecule has 0 radical (unpaired) electrons. The molecule has 0 unspecified atom stereocenters. The highest BCUT2D eigenvalue weighted by atomic mass is 79.9. The number of fused-ring (bicyclic) bond motifs is 1. The fourth-order valence-electron chi connectivity index (χ4n) is 3.05. The number of sulfonamides is 1. The molecule has 2 aromatic carbocycles. The van der Waals surface area contributed by atoms with Gasteiger partial charge >= 0.3 is 18.3 Å². The van der Waals surface area contributed by atoms with Crippen LogP contribution in [0.5, 0.6) is 17.2 Å². The van der Waals surface area contributed by atoms with Crippen LogP contribution in [0.2, 0.25) is 0 Å². The van der Waals surface area contributed by atoms with E-state index < -0.39 is 35.0 Å². The number of halogens is 7. The number of rotatable bonds is 13. The molecule has 0 saturated carbocycles. The van der Waals surface area contributed by atoms with Gasteiger partial charge in [-0.05, 0) is 31.3 Å². The van der Waals surface area contributed by atoms with Crippen molar-refractivity contribution in [2.45, 2.75) is 17.2 Å². The highest BCUT2D eigenvalue weighted by Gasteiger charge is 2.38. The van der Waals surface area contributed by atoms with Crippen molar-refractivity contribution < 1.29 is 68.3 Å². The highest BCUT2D eigenvalue weighted by Crippen LogP contribution is 2.37. The van der Waals surface area contributed by atoms with Crippen molar-refractivity contribution in [1.82, 2.24) is 14.7 Å². The number of carbonyl (C=O) groups is 1. The standard InChI is InChI=1S/C21H23F3N4O6S.C3H7BrO.C2HF3O2/c1-25-35(29,30)13-4-5-17(34-11-21(22,23)24)16(8-13)28-20-14-9-18(32-3)19(33-7-6-31-2)10-15(14)26-12-27-20;1-5-3-2-4;3-2(4,5)1(6)7/h4-5,8-10,12,25H,6-7,11H2,1-3H3,(H,26,27,28);2-3H2,1H3;(H,6,7). The number of nitrogens with zero attached hydrogens (tertiary/aromatic N) is 2. The molecular formula is C26H31BrF6N4O9S. The van der Waals surface area contributed by atoms with E-state index in [9.17, 15) is 34.8 Å². The number of aromatic nitrogens is 2. The Morgan fingerprint density at radius 1 is 0.915 bits per heavy atom. The molecule has 13 nitrogen and oxygen atoms in total. The lowest BCUT2D eigenvalue weighted by Crippen LogP contribution is -2.21. The van der Waals surface area contributed by atoms with Gasteiger partial charge in [0.15, 0.2) is 18.1 Å². The zero-order valence-corrected chi connectivity index (χ0v) is 27.6. The van der Waals surface area contributed by atoms with E-state index in [4.69, 9.17) is 28.8 Å². The van der Waals surface area contributed by atoms with Crippen LogP contribution >= 0.6 is 15.9 Å². The van der Waals surface area contributed by atoms with Crippen molar-refractivity contribution in [3.05, 3.63) is 36.7 Å². The van der Waals surface area contributed by atoms with Crippen molar-refractivity contribution >= 4 is 54.3 Å². The fraction of sp³-hybridized carbons (Fsp3) is 0.423. The lowest BCUT2D eigenvalue weighted by Gasteiger charge is -2.17. The molecule has 3 rings (SSSR count). The monoisotopic (exact) mass is 768 g/mol. The largest absolute Gasteiger partial charge is 0.493 e. The summed E-state index contributed by atoms with van der Waals surface area (Å²) in [7, 11) is 1.99. The molecule has 0 aliphatic rings. The van der Waals surface area contributed by atoms with Gasteiger partial charge in [-0.2, -0.15) is 26.3 Å². The summed E-state index contributed by atoms with van der Waals surface area (Å²) in [6, 6.07) is 6.60. The normalized spacial score (nSPS) is 11.5. The Labute approximate surface area is 273 Å². The third kappa shape index (κ3) is 14.3. The number of methoxy groups -OCH3 is 3. The van der Waals surface area contributed by atoms with Crippen LogP contribution in [0.4, 0.5) is 37.8 Å². The first-order chi connectivity index (χ1) is 21.9. The van der Waals surface area contributed by atoms with Crippen LogP contribution < -0.4 is 24.2 Å². The lowest BCUT2D eigenvalue weighted by molar-refractivity contribution is -0.192. The molecule has 0 aliphatic carbocycles. The topological polar surface area (TPSA) is 167 Å². The molecule has 0 amide bonds. The first kappa shape index (κ1) is 41.4. The minimum Gasteiger partial charge on any atom is -0.493 e. The van der Waals surface area contributed by atoms with E-state index in [-0.39, 0.29) is 28.8 Å². The highest BCUT2D eigenvalue weighted by molar-refractivity contribution is 9.09. The van der Waals surface area contributed by atoms with Crippen LogP contribution in [0.1, 0.15) is 0 Å². The summed E-state index contributed by atoms with van der Waals surface area (Å²) < 4.78 is 122. The summed E-state index contributed by atoms with van der Waals surface area (Å²) >= 11 is 3.18. The van der Waals surface area contributed by atoms with Crippen molar-refractivity contribution in [3.63, 3.8) is 0 Å². The average Bonchev–Trinajstić information content (AvgIpc) is 3.00. The first-order valence-electron chi connectivity index (χ1n) is 12.8. The van der Waals surface area contributed by atoms with Gasteiger partial charge in [0.1, 0.15) is 24.5 Å². The summed E-state index contributed by atoms with van der Waals surface area (Å²) in [5.41, 5.74) is 0.387. The van der Waals surface area contributed by atoms with Crippen LogP contribution in [0.3, 0.4) is 0 Å². The van der Waals surface area contributed by atoms with E-state index in [0.717, 1.165) is 30.1 Å². The maximum atomic E-state index is 12.8. The molecule has 47 heavy (non-hydrogen) atoms. The van der Waals surface area contributed by atoms with E-state index in [1.54, 1.807) is 19.2 Å². The number of carboxylic acids is 1. The van der Waals surface area contributed by atoms with Gasteiger partial charge in [-0.3, -0.25) is 0 Å². The second kappa shape index (κ2) is 19.2. The minimum atomic E-state index is -5.08. The van der Waals surface area contributed by atoms with E-state index in [1.165, 1.54) is 27.6 Å². The van der Waals surface area contributed by atoms with Gasteiger partial charge in [0.05, 0.1) is 36.4 Å². The lowest BCUT2D eigenvalue weighted by atomic mass is 10.2. The first-order valence-corrected chi connectivity index (χ1v) is 15.4. The summed E-state index contributed by atoms with van der Waals surface area (Å²) in [6.45, 7) is -0.147. The predicted molar refractivity (Wildman–Crippen MR) is 160 cm³/mol. The molecule has 0 fully saturated rings. The van der Waals surface area contributed by atoms with Crippen LogP contribution in [0.25, 0.3) is 10.9 Å². The predicted octanol–water partition coefficient (Wildman–Crippen LogP) is 4.92. The number of nitrogens with one attached hydrogen (secondary N) is 2. The summed E-state index contributed by atoms with van der Waals surface area (Å²) in [5, 5.41) is 11.4. The van der Waals surface area contributed by atoms with Gasteiger partial charge in [-0.25, -0.2) is 27.9 Å². The number of hydrogen-bond acceptors (Lipinski definition) is 11. The van der Waals surface area contributed by atoms with Crippen molar-refractivity contribution in [1.29, 1.82) is 0 Å². The zero-order chi connectivity index (χ0) is 35.8. The number of hydrogen-bond donors (Lipinski definition) is 3. The van der Waals surface area contributed by atoms with Gasteiger partial charge in [0, 0.05) is 31.0 Å². The summed E-state index contributed by atoms with van der Waals surface area (Å²) in [4.78, 5) is 17.1. The smallest absolute Gasteiger partial charge is 0.490 e. The van der Waals surface area contributed by atoms with E-state index in [2.05, 4.69) is 40.7 Å². The van der Waals surface area contributed by atoms with Gasteiger partial charge in [0.2, 0.25) is 10.0 Å². The molecule has 3 N–H and O–H groups in total. The Kier molecular flexibility index (Phi) is 16.9. The van der Waals surface area contributed by atoms with E-state index in [0.29, 0.717) is 29.0 Å². The number of aliphatic carboxylic acids is 1. The van der Waals surface area contributed by atoms with E-state index >= 15 is 0 Å². The quantitative estimate of drug-likeness (QED) is 0.122. The fourth-order valence-corrected chi connectivity index (χ4v) is 4.13. The van der Waals surface area contributed by atoms with Crippen molar-refractivity contribution in [2.75, 3.05) is 65.5 Å². The molecule has 1 heterocycles.